The third-order valence-electron chi connectivity index (χ3n) is 7.21. The summed E-state index contributed by atoms with van der Waals surface area (Å²) in [6, 6.07) is 12.3. The third kappa shape index (κ3) is 7.28. The molecule has 3 aromatic rings. The Morgan fingerprint density at radius 3 is 2.39 bits per heavy atom. The number of nitrogens with zero attached hydrogens (tertiary/aromatic N) is 1. The SMILES string of the molecule is NC(=O)CC(NC(=O)C1CCCN1C(=O)C(Cc1ccccc1)NC(=O)C(N)Cc1c[nH]c2ccccc12)C(=O)O. The number of aromatic nitrogens is 1. The lowest BCUT2D eigenvalue weighted by molar-refractivity contribution is -0.145. The van der Waals surface area contributed by atoms with Gasteiger partial charge in [-0.3, -0.25) is 19.2 Å². The van der Waals surface area contributed by atoms with Gasteiger partial charge < -0.3 is 37.1 Å². The average Bonchev–Trinajstić information content (AvgIpc) is 3.60. The highest BCUT2D eigenvalue weighted by Gasteiger charge is 2.39. The van der Waals surface area contributed by atoms with E-state index in [2.05, 4.69) is 15.6 Å². The quantitative estimate of drug-likeness (QED) is 0.181. The highest BCUT2D eigenvalue weighted by atomic mass is 16.4. The Bertz CT molecular complexity index is 1420. The van der Waals surface area contributed by atoms with E-state index in [0.717, 1.165) is 22.0 Å². The Hall–Kier alpha value is -4.71. The Morgan fingerprint density at radius 2 is 1.68 bits per heavy atom. The van der Waals surface area contributed by atoms with Gasteiger partial charge in [-0.2, -0.15) is 0 Å². The molecule has 1 fully saturated rings. The smallest absolute Gasteiger partial charge is 0.326 e. The van der Waals surface area contributed by atoms with Crippen molar-refractivity contribution >= 4 is 40.5 Å². The fourth-order valence-corrected chi connectivity index (χ4v) is 5.13. The highest BCUT2D eigenvalue weighted by molar-refractivity contribution is 5.95. The number of H-pyrrole nitrogens is 1. The summed E-state index contributed by atoms with van der Waals surface area (Å²) in [7, 11) is 0. The highest BCUT2D eigenvalue weighted by Crippen LogP contribution is 2.21. The minimum Gasteiger partial charge on any atom is -0.480 e. The Labute approximate surface area is 236 Å². The number of nitrogens with one attached hydrogen (secondary N) is 3. The van der Waals surface area contributed by atoms with E-state index in [0.29, 0.717) is 12.8 Å². The van der Waals surface area contributed by atoms with Crippen molar-refractivity contribution in [1.29, 1.82) is 0 Å². The molecule has 12 heteroatoms. The van der Waals surface area contributed by atoms with Crippen molar-refractivity contribution in [2.24, 2.45) is 11.5 Å². The maximum Gasteiger partial charge on any atom is 0.326 e. The van der Waals surface area contributed by atoms with E-state index in [1.54, 1.807) is 6.20 Å². The maximum atomic E-state index is 13.8. The molecule has 41 heavy (non-hydrogen) atoms. The zero-order valence-corrected chi connectivity index (χ0v) is 22.4. The number of carbonyl (C=O) groups excluding carboxylic acids is 4. The molecule has 2 aromatic carbocycles. The van der Waals surface area contributed by atoms with Crippen LogP contribution in [0.5, 0.6) is 0 Å². The van der Waals surface area contributed by atoms with E-state index in [-0.39, 0.29) is 19.4 Å². The molecule has 216 valence electrons. The van der Waals surface area contributed by atoms with Crippen LogP contribution in [0.15, 0.2) is 60.8 Å². The molecule has 1 aliphatic heterocycles. The predicted octanol–water partition coefficient (Wildman–Crippen LogP) is 0.201. The fourth-order valence-electron chi connectivity index (χ4n) is 5.13. The third-order valence-corrected chi connectivity index (χ3v) is 7.21. The Balaban J connectivity index is 1.50. The zero-order valence-electron chi connectivity index (χ0n) is 22.4. The number of hydrogen-bond acceptors (Lipinski definition) is 6. The van der Waals surface area contributed by atoms with Gasteiger partial charge in [0.15, 0.2) is 0 Å². The van der Waals surface area contributed by atoms with Crippen LogP contribution in [-0.4, -0.2) is 75.3 Å². The minimum atomic E-state index is -1.51. The lowest BCUT2D eigenvalue weighted by Gasteiger charge is -2.30. The molecule has 4 rings (SSSR count). The monoisotopic (exact) mass is 562 g/mol. The first kappa shape index (κ1) is 29.3. The largest absolute Gasteiger partial charge is 0.480 e. The maximum absolute atomic E-state index is 13.8. The van der Waals surface area contributed by atoms with E-state index >= 15 is 0 Å². The number of para-hydroxylation sites is 1. The van der Waals surface area contributed by atoms with Crippen molar-refractivity contribution < 1.29 is 29.1 Å². The molecule has 4 amide bonds. The number of benzene rings is 2. The van der Waals surface area contributed by atoms with Gasteiger partial charge in [-0.15, -0.1) is 0 Å². The van der Waals surface area contributed by atoms with Gasteiger partial charge in [0.05, 0.1) is 12.5 Å². The Morgan fingerprint density at radius 1 is 0.976 bits per heavy atom. The molecule has 1 saturated heterocycles. The summed E-state index contributed by atoms with van der Waals surface area (Å²) in [5, 5.41) is 15.4. The lowest BCUT2D eigenvalue weighted by Crippen LogP contribution is -2.57. The normalized spacial score (nSPS) is 17.0. The van der Waals surface area contributed by atoms with Crippen LogP contribution >= 0.6 is 0 Å². The molecule has 0 spiro atoms. The molecule has 8 N–H and O–H groups in total. The van der Waals surface area contributed by atoms with Gasteiger partial charge in [-0.25, -0.2) is 4.79 Å². The van der Waals surface area contributed by atoms with Gasteiger partial charge in [0.25, 0.3) is 0 Å². The summed E-state index contributed by atoms with van der Waals surface area (Å²) in [6.07, 6.45) is 2.43. The van der Waals surface area contributed by atoms with Crippen LogP contribution in [0.25, 0.3) is 10.9 Å². The van der Waals surface area contributed by atoms with E-state index < -0.39 is 60.2 Å². The number of carboxylic acids is 1. The number of amides is 4. The standard InChI is InChI=1S/C29H34N6O6/c30-20(14-18-16-32-21-10-5-4-9-19(18)21)26(37)33-22(13-17-7-2-1-3-8-17)28(39)35-12-6-11-24(35)27(38)34-23(29(40)41)15-25(31)36/h1-5,7-10,16,20,22-24,32H,6,11-15,30H2,(H2,31,36)(H,33,37)(H,34,38)(H,40,41). The number of aliphatic carboxylic acids is 1. The molecular formula is C29H34N6O6. The molecule has 2 heterocycles. The van der Waals surface area contributed by atoms with Gasteiger partial charge in [-0.1, -0.05) is 48.5 Å². The first-order chi connectivity index (χ1) is 19.6. The molecule has 1 aliphatic rings. The summed E-state index contributed by atoms with van der Waals surface area (Å²) < 4.78 is 0. The summed E-state index contributed by atoms with van der Waals surface area (Å²) in [5.41, 5.74) is 14.0. The van der Waals surface area contributed by atoms with Gasteiger partial charge >= 0.3 is 5.97 Å². The van der Waals surface area contributed by atoms with Crippen LogP contribution in [0.2, 0.25) is 0 Å². The fraction of sp³-hybridized carbons (Fsp3) is 0.345. The van der Waals surface area contributed by atoms with Crippen molar-refractivity contribution in [3.63, 3.8) is 0 Å². The zero-order chi connectivity index (χ0) is 29.5. The number of fused-ring (bicyclic) bond motifs is 1. The number of aromatic amines is 1. The summed E-state index contributed by atoms with van der Waals surface area (Å²) in [5.74, 6) is -4.00. The van der Waals surface area contributed by atoms with Gasteiger partial charge in [-0.05, 0) is 36.5 Å². The summed E-state index contributed by atoms with van der Waals surface area (Å²) in [4.78, 5) is 67.4. The number of likely N-dealkylation sites (tertiary alicyclic amines) is 1. The molecular weight excluding hydrogens is 528 g/mol. The molecule has 12 nitrogen and oxygen atoms in total. The summed E-state index contributed by atoms with van der Waals surface area (Å²) in [6.45, 7) is 0.243. The number of rotatable bonds is 12. The lowest BCUT2D eigenvalue weighted by atomic mass is 10.0. The number of hydrogen-bond donors (Lipinski definition) is 6. The number of primary amides is 1. The van der Waals surface area contributed by atoms with Crippen LogP contribution in [0.4, 0.5) is 0 Å². The van der Waals surface area contributed by atoms with Crippen molar-refractivity contribution in [2.75, 3.05) is 6.54 Å². The van der Waals surface area contributed by atoms with Crippen molar-refractivity contribution in [3.8, 4) is 0 Å². The first-order valence-electron chi connectivity index (χ1n) is 13.4. The molecule has 0 radical (unpaired) electrons. The second-order valence-electron chi connectivity index (χ2n) is 10.2. The van der Waals surface area contributed by atoms with E-state index in [1.165, 1.54) is 4.90 Å². The van der Waals surface area contributed by atoms with Gasteiger partial charge in [0, 0.05) is 30.1 Å². The van der Waals surface area contributed by atoms with E-state index in [1.807, 2.05) is 54.6 Å². The van der Waals surface area contributed by atoms with Crippen LogP contribution < -0.4 is 22.1 Å². The Kier molecular flexibility index (Phi) is 9.35. The molecule has 0 bridgehead atoms. The number of nitrogens with two attached hydrogens (primary N) is 2. The minimum absolute atomic E-state index is 0.162. The van der Waals surface area contributed by atoms with Crippen molar-refractivity contribution in [3.05, 3.63) is 71.9 Å². The van der Waals surface area contributed by atoms with E-state index in [9.17, 15) is 29.1 Å². The van der Waals surface area contributed by atoms with Crippen LogP contribution in [-0.2, 0) is 36.8 Å². The van der Waals surface area contributed by atoms with Crippen LogP contribution in [0.1, 0.15) is 30.4 Å². The first-order valence-corrected chi connectivity index (χ1v) is 13.4. The van der Waals surface area contributed by atoms with Crippen LogP contribution in [0.3, 0.4) is 0 Å². The average molecular weight is 563 g/mol. The van der Waals surface area contributed by atoms with Crippen molar-refractivity contribution in [1.82, 2.24) is 20.5 Å². The summed E-state index contributed by atoms with van der Waals surface area (Å²) >= 11 is 0. The number of carbonyl (C=O) groups is 5. The topological polar surface area (TPSA) is 201 Å². The van der Waals surface area contributed by atoms with Gasteiger partial charge in [0.2, 0.25) is 23.6 Å². The predicted molar refractivity (Wildman–Crippen MR) is 150 cm³/mol. The number of carboxylic acid groups (broad SMARTS) is 1. The molecule has 1 aromatic heterocycles. The molecule has 0 saturated carbocycles. The van der Waals surface area contributed by atoms with Crippen molar-refractivity contribution in [2.45, 2.75) is 56.3 Å². The second-order valence-corrected chi connectivity index (χ2v) is 10.2. The molecule has 0 aliphatic carbocycles. The second kappa shape index (κ2) is 13.1. The van der Waals surface area contributed by atoms with Crippen LogP contribution in [0, 0.1) is 0 Å². The van der Waals surface area contributed by atoms with E-state index in [4.69, 9.17) is 11.5 Å². The molecule has 4 unspecified atom stereocenters. The molecule has 4 atom stereocenters. The van der Waals surface area contributed by atoms with Gasteiger partial charge in [0.1, 0.15) is 18.1 Å².